The highest BCUT2D eigenvalue weighted by Crippen LogP contribution is 2.32. The van der Waals surface area contributed by atoms with Crippen LogP contribution in [0.15, 0.2) is 60.7 Å². The van der Waals surface area contributed by atoms with Gasteiger partial charge in [-0.25, -0.2) is 4.39 Å². The molecule has 0 aliphatic carbocycles. The van der Waals surface area contributed by atoms with Crippen molar-refractivity contribution in [3.05, 3.63) is 71.8 Å². The molecule has 1 aliphatic heterocycles. The third kappa shape index (κ3) is 2.96. The van der Waals surface area contributed by atoms with Gasteiger partial charge in [-0.05, 0) is 11.1 Å². The summed E-state index contributed by atoms with van der Waals surface area (Å²) in [7, 11) is 0. The van der Waals surface area contributed by atoms with Crippen molar-refractivity contribution in [2.45, 2.75) is 12.2 Å². The summed E-state index contributed by atoms with van der Waals surface area (Å²) >= 11 is 0. The molecule has 0 saturated carbocycles. The zero-order valence-electron chi connectivity index (χ0n) is 10.6. The van der Waals surface area contributed by atoms with E-state index in [4.69, 9.17) is 0 Å². The average Bonchev–Trinajstić information content (AvgIpc) is 2.40. The molecule has 2 aromatic rings. The second-order valence-corrected chi connectivity index (χ2v) is 4.78. The van der Waals surface area contributed by atoms with Crippen LogP contribution >= 0.6 is 12.4 Å². The third-order valence-electron chi connectivity index (χ3n) is 3.46. The molecule has 1 nitrogen and oxygen atoms in total. The Morgan fingerprint density at radius 1 is 0.842 bits per heavy atom. The molecule has 0 N–H and O–H groups in total. The molecular weight excluding hydrogens is 261 g/mol. The van der Waals surface area contributed by atoms with E-state index in [-0.39, 0.29) is 18.4 Å². The summed E-state index contributed by atoms with van der Waals surface area (Å²) < 4.78 is 13.1. The van der Waals surface area contributed by atoms with Crippen molar-refractivity contribution >= 4 is 12.4 Å². The number of halogens is 2. The van der Waals surface area contributed by atoms with Gasteiger partial charge in [-0.3, -0.25) is 4.90 Å². The van der Waals surface area contributed by atoms with Gasteiger partial charge in [0.2, 0.25) is 0 Å². The van der Waals surface area contributed by atoms with E-state index < -0.39 is 6.17 Å². The van der Waals surface area contributed by atoms with Crippen LogP contribution in [0.4, 0.5) is 4.39 Å². The summed E-state index contributed by atoms with van der Waals surface area (Å²) in [5.41, 5.74) is 2.46. The highest BCUT2D eigenvalue weighted by atomic mass is 35.5. The van der Waals surface area contributed by atoms with E-state index in [0.29, 0.717) is 13.1 Å². The minimum atomic E-state index is -0.667. The van der Waals surface area contributed by atoms with Gasteiger partial charge in [0.05, 0.1) is 6.04 Å². The first kappa shape index (κ1) is 14.0. The molecule has 0 aromatic heterocycles. The third-order valence-corrected chi connectivity index (χ3v) is 3.46. The minimum Gasteiger partial charge on any atom is -0.286 e. The molecule has 3 heteroatoms. The summed E-state index contributed by atoms with van der Waals surface area (Å²) in [6, 6.07) is 20.8. The van der Waals surface area contributed by atoms with Crippen LogP contribution in [-0.2, 0) is 0 Å². The predicted molar refractivity (Wildman–Crippen MR) is 78.4 cm³/mol. The van der Waals surface area contributed by atoms with Gasteiger partial charge in [-0.2, -0.15) is 0 Å². The molecule has 100 valence electrons. The lowest BCUT2D eigenvalue weighted by Gasteiger charge is -2.41. The maximum Gasteiger partial charge on any atom is 0.125 e. The molecule has 19 heavy (non-hydrogen) atoms. The van der Waals surface area contributed by atoms with Gasteiger partial charge in [0.1, 0.15) is 6.17 Å². The summed E-state index contributed by atoms with van der Waals surface area (Å²) in [5, 5.41) is 0. The smallest absolute Gasteiger partial charge is 0.125 e. The largest absolute Gasteiger partial charge is 0.286 e. The van der Waals surface area contributed by atoms with Crippen molar-refractivity contribution in [3.8, 4) is 0 Å². The predicted octanol–water partition coefficient (Wildman–Crippen LogP) is 3.85. The fourth-order valence-corrected chi connectivity index (χ4v) is 2.55. The van der Waals surface area contributed by atoms with Gasteiger partial charge in [0, 0.05) is 13.1 Å². The van der Waals surface area contributed by atoms with E-state index in [0.717, 1.165) is 0 Å². The number of rotatable bonds is 3. The van der Waals surface area contributed by atoms with Crippen LogP contribution in [0.5, 0.6) is 0 Å². The van der Waals surface area contributed by atoms with E-state index in [1.54, 1.807) is 0 Å². The van der Waals surface area contributed by atoms with Crippen molar-refractivity contribution < 1.29 is 4.39 Å². The van der Waals surface area contributed by atoms with Gasteiger partial charge >= 0.3 is 0 Å². The van der Waals surface area contributed by atoms with Crippen LogP contribution in [0.2, 0.25) is 0 Å². The first-order valence-electron chi connectivity index (χ1n) is 6.32. The summed E-state index contributed by atoms with van der Waals surface area (Å²) in [4.78, 5) is 2.19. The van der Waals surface area contributed by atoms with Crippen LogP contribution in [0.25, 0.3) is 0 Å². The summed E-state index contributed by atoms with van der Waals surface area (Å²) in [6.07, 6.45) is -0.667. The maximum atomic E-state index is 13.1. The van der Waals surface area contributed by atoms with Crippen LogP contribution in [0.3, 0.4) is 0 Å². The first-order valence-corrected chi connectivity index (χ1v) is 6.32. The molecule has 1 saturated heterocycles. The molecule has 1 heterocycles. The lowest BCUT2D eigenvalue weighted by atomic mass is 9.94. The molecule has 0 spiro atoms. The van der Waals surface area contributed by atoms with Crippen molar-refractivity contribution in [1.82, 2.24) is 4.90 Å². The topological polar surface area (TPSA) is 3.24 Å². The van der Waals surface area contributed by atoms with Crippen molar-refractivity contribution in [2.24, 2.45) is 0 Å². The van der Waals surface area contributed by atoms with Gasteiger partial charge in [-0.15, -0.1) is 12.4 Å². The number of alkyl halides is 1. The van der Waals surface area contributed by atoms with Crippen molar-refractivity contribution in [1.29, 1.82) is 0 Å². The minimum absolute atomic E-state index is 0. The highest BCUT2D eigenvalue weighted by molar-refractivity contribution is 5.85. The Morgan fingerprint density at radius 2 is 1.26 bits per heavy atom. The molecule has 0 amide bonds. The summed E-state index contributed by atoms with van der Waals surface area (Å²) in [5.74, 6) is 0. The standard InChI is InChI=1S/C16H16FN.ClH/c17-15-11-18(12-15)16(13-7-3-1-4-8-13)14-9-5-2-6-10-14;/h1-10,15-16H,11-12H2;1H. The van der Waals surface area contributed by atoms with Gasteiger partial charge < -0.3 is 0 Å². The van der Waals surface area contributed by atoms with Crippen molar-refractivity contribution in [2.75, 3.05) is 13.1 Å². The molecule has 1 fully saturated rings. The number of nitrogens with zero attached hydrogens (tertiary/aromatic N) is 1. The molecule has 0 radical (unpaired) electrons. The quantitative estimate of drug-likeness (QED) is 0.824. The lowest BCUT2D eigenvalue weighted by Crippen LogP contribution is -2.50. The second-order valence-electron chi connectivity index (χ2n) is 4.78. The van der Waals surface area contributed by atoms with Crippen molar-refractivity contribution in [3.63, 3.8) is 0 Å². The number of hydrogen-bond donors (Lipinski definition) is 0. The number of benzene rings is 2. The van der Waals surface area contributed by atoms with E-state index >= 15 is 0 Å². The Bertz CT molecular complexity index is 457. The van der Waals surface area contributed by atoms with Gasteiger partial charge in [0.15, 0.2) is 0 Å². The zero-order valence-corrected chi connectivity index (χ0v) is 11.4. The van der Waals surface area contributed by atoms with E-state index in [9.17, 15) is 4.39 Å². The van der Waals surface area contributed by atoms with Crippen LogP contribution in [-0.4, -0.2) is 24.2 Å². The Morgan fingerprint density at radius 3 is 1.63 bits per heavy atom. The maximum absolute atomic E-state index is 13.1. The second kappa shape index (κ2) is 6.18. The normalized spacial score (nSPS) is 15.9. The SMILES string of the molecule is Cl.FC1CN(C(c2ccccc2)c2ccccc2)C1. The Kier molecular flexibility index (Phi) is 4.56. The lowest BCUT2D eigenvalue weighted by molar-refractivity contribution is 0.0402. The number of likely N-dealkylation sites (tertiary alicyclic amines) is 1. The monoisotopic (exact) mass is 277 g/mol. The fourth-order valence-electron chi connectivity index (χ4n) is 2.55. The Labute approximate surface area is 119 Å². The highest BCUT2D eigenvalue weighted by Gasteiger charge is 2.33. The molecule has 0 atom stereocenters. The van der Waals surface area contributed by atoms with E-state index in [1.807, 2.05) is 36.4 Å². The first-order chi connectivity index (χ1) is 8.84. The molecule has 0 unspecified atom stereocenters. The van der Waals surface area contributed by atoms with E-state index in [2.05, 4.69) is 29.2 Å². The average molecular weight is 278 g/mol. The molecular formula is C16H17ClFN. The Balaban J connectivity index is 0.00000133. The van der Waals surface area contributed by atoms with Gasteiger partial charge in [0.25, 0.3) is 0 Å². The zero-order chi connectivity index (χ0) is 12.4. The van der Waals surface area contributed by atoms with Crippen LogP contribution in [0, 0.1) is 0 Å². The molecule has 3 rings (SSSR count). The number of hydrogen-bond acceptors (Lipinski definition) is 1. The van der Waals surface area contributed by atoms with E-state index in [1.165, 1.54) is 11.1 Å². The summed E-state index contributed by atoms with van der Waals surface area (Å²) in [6.45, 7) is 1.07. The Hall–Kier alpha value is -1.38. The molecule has 2 aromatic carbocycles. The van der Waals surface area contributed by atoms with Gasteiger partial charge in [-0.1, -0.05) is 60.7 Å². The van der Waals surface area contributed by atoms with Crippen LogP contribution in [0.1, 0.15) is 17.2 Å². The fraction of sp³-hybridized carbons (Fsp3) is 0.250. The molecule has 0 bridgehead atoms. The van der Waals surface area contributed by atoms with Crippen LogP contribution < -0.4 is 0 Å². The molecule has 1 aliphatic rings.